The van der Waals surface area contributed by atoms with Gasteiger partial charge in [-0.3, -0.25) is 4.79 Å². The molecule has 1 aliphatic rings. The van der Waals surface area contributed by atoms with Crippen molar-refractivity contribution < 1.29 is 13.6 Å². The molecule has 1 saturated heterocycles. The van der Waals surface area contributed by atoms with Crippen LogP contribution in [-0.4, -0.2) is 12.5 Å². The van der Waals surface area contributed by atoms with Crippen LogP contribution in [0.4, 0.5) is 14.5 Å². The number of halogens is 2. The lowest BCUT2D eigenvalue weighted by molar-refractivity contribution is -0.117. The highest BCUT2D eigenvalue weighted by atomic mass is 19.1. The molecule has 1 aromatic rings. The number of rotatable bonds is 1. The average Bonchev–Trinajstić information content (AvgIpc) is 2.63. The first kappa shape index (κ1) is 10.6. The number of benzene rings is 1. The smallest absolute Gasteiger partial charge is 0.228 e. The molecule has 0 spiro atoms. The maximum Gasteiger partial charge on any atom is 0.228 e. The van der Waals surface area contributed by atoms with E-state index in [2.05, 4.69) is 5.92 Å². The first-order chi connectivity index (χ1) is 7.61. The van der Waals surface area contributed by atoms with Gasteiger partial charge in [0.1, 0.15) is 11.6 Å². The van der Waals surface area contributed by atoms with Gasteiger partial charge in [-0.25, -0.2) is 8.78 Å². The van der Waals surface area contributed by atoms with Crippen molar-refractivity contribution in [2.45, 2.75) is 6.42 Å². The molecule has 4 heteroatoms. The fourth-order valence-corrected chi connectivity index (χ4v) is 1.74. The minimum absolute atomic E-state index is 0.0391. The highest BCUT2D eigenvalue weighted by molar-refractivity contribution is 5.96. The van der Waals surface area contributed by atoms with Crippen LogP contribution >= 0.6 is 0 Å². The second kappa shape index (κ2) is 3.93. The SMILES string of the molecule is C#CC1CC(=O)N(c2cc(F)ccc2F)C1. The van der Waals surface area contributed by atoms with Crippen LogP contribution in [0.15, 0.2) is 18.2 Å². The first-order valence-corrected chi connectivity index (χ1v) is 4.83. The van der Waals surface area contributed by atoms with E-state index in [0.717, 1.165) is 18.2 Å². The van der Waals surface area contributed by atoms with Crippen LogP contribution in [-0.2, 0) is 4.79 Å². The summed E-state index contributed by atoms with van der Waals surface area (Å²) in [4.78, 5) is 12.7. The zero-order valence-corrected chi connectivity index (χ0v) is 8.41. The highest BCUT2D eigenvalue weighted by Crippen LogP contribution is 2.27. The van der Waals surface area contributed by atoms with E-state index in [1.807, 2.05) is 0 Å². The van der Waals surface area contributed by atoms with Crippen LogP contribution in [0, 0.1) is 29.9 Å². The van der Waals surface area contributed by atoms with E-state index in [1.54, 1.807) is 0 Å². The standard InChI is InChI=1S/C12H9F2NO/c1-2-8-5-12(16)15(7-8)11-6-9(13)3-4-10(11)14/h1,3-4,6,8H,5,7H2. The first-order valence-electron chi connectivity index (χ1n) is 4.83. The average molecular weight is 221 g/mol. The predicted molar refractivity (Wildman–Crippen MR) is 55.7 cm³/mol. The van der Waals surface area contributed by atoms with Gasteiger partial charge >= 0.3 is 0 Å². The molecule has 1 amide bonds. The summed E-state index contributed by atoms with van der Waals surface area (Å²) in [5.41, 5.74) is -0.0391. The number of hydrogen-bond donors (Lipinski definition) is 0. The largest absolute Gasteiger partial charge is 0.308 e. The lowest BCUT2D eigenvalue weighted by atomic mass is 10.1. The molecule has 1 aliphatic heterocycles. The third-order valence-electron chi connectivity index (χ3n) is 2.56. The molecule has 0 N–H and O–H groups in total. The van der Waals surface area contributed by atoms with Gasteiger partial charge in [-0.05, 0) is 12.1 Å². The van der Waals surface area contributed by atoms with Crippen LogP contribution in [0.25, 0.3) is 0 Å². The second-order valence-corrected chi connectivity index (χ2v) is 3.67. The molecule has 2 nitrogen and oxygen atoms in total. The molecule has 0 radical (unpaired) electrons. The van der Waals surface area contributed by atoms with Crippen LogP contribution in [0.3, 0.4) is 0 Å². The third kappa shape index (κ3) is 1.76. The number of hydrogen-bond acceptors (Lipinski definition) is 1. The van der Waals surface area contributed by atoms with E-state index < -0.39 is 11.6 Å². The Hall–Kier alpha value is -1.89. The Morgan fingerprint density at radius 2 is 2.19 bits per heavy atom. The molecular weight excluding hydrogens is 212 g/mol. The summed E-state index contributed by atoms with van der Waals surface area (Å²) in [5, 5.41) is 0. The van der Waals surface area contributed by atoms with Crippen molar-refractivity contribution in [3.8, 4) is 12.3 Å². The van der Waals surface area contributed by atoms with E-state index in [-0.39, 0.29) is 30.5 Å². The molecule has 0 aliphatic carbocycles. The fraction of sp³-hybridized carbons (Fsp3) is 0.250. The van der Waals surface area contributed by atoms with Gasteiger partial charge < -0.3 is 4.90 Å². The number of amides is 1. The van der Waals surface area contributed by atoms with E-state index >= 15 is 0 Å². The van der Waals surface area contributed by atoms with E-state index in [0.29, 0.717) is 0 Å². The Morgan fingerprint density at radius 1 is 1.44 bits per heavy atom. The van der Waals surface area contributed by atoms with Gasteiger partial charge in [0.25, 0.3) is 0 Å². The monoisotopic (exact) mass is 221 g/mol. The number of nitrogens with zero attached hydrogens (tertiary/aromatic N) is 1. The van der Waals surface area contributed by atoms with Gasteiger partial charge in [0.05, 0.1) is 5.69 Å². The molecule has 82 valence electrons. The van der Waals surface area contributed by atoms with Crippen LogP contribution < -0.4 is 4.90 Å². The van der Waals surface area contributed by atoms with Crippen LogP contribution in [0.1, 0.15) is 6.42 Å². The van der Waals surface area contributed by atoms with E-state index in [1.165, 1.54) is 4.90 Å². The number of carbonyl (C=O) groups is 1. The predicted octanol–water partition coefficient (Wildman–Crippen LogP) is 1.95. The summed E-state index contributed by atoms with van der Waals surface area (Å²) in [6.07, 6.45) is 5.39. The Morgan fingerprint density at radius 3 is 2.81 bits per heavy atom. The van der Waals surface area contributed by atoms with Gasteiger partial charge in [-0.2, -0.15) is 0 Å². The second-order valence-electron chi connectivity index (χ2n) is 3.67. The van der Waals surface area contributed by atoms with Crippen molar-refractivity contribution in [3.63, 3.8) is 0 Å². The quantitative estimate of drug-likeness (QED) is 0.664. The molecule has 1 aromatic carbocycles. The molecule has 1 fully saturated rings. The van der Waals surface area contributed by atoms with E-state index in [4.69, 9.17) is 6.42 Å². The molecule has 16 heavy (non-hydrogen) atoms. The number of terminal acetylenes is 1. The van der Waals surface area contributed by atoms with Crippen molar-refractivity contribution in [2.75, 3.05) is 11.4 Å². The van der Waals surface area contributed by atoms with Crippen molar-refractivity contribution in [1.29, 1.82) is 0 Å². The molecule has 0 bridgehead atoms. The summed E-state index contributed by atoms with van der Waals surface area (Å²) in [6, 6.07) is 3.02. The van der Waals surface area contributed by atoms with Gasteiger partial charge in [0.15, 0.2) is 0 Å². The van der Waals surface area contributed by atoms with Gasteiger partial charge in [0, 0.05) is 24.9 Å². The van der Waals surface area contributed by atoms with Crippen molar-refractivity contribution in [1.82, 2.24) is 0 Å². The number of anilines is 1. The molecule has 1 heterocycles. The van der Waals surface area contributed by atoms with Crippen molar-refractivity contribution in [3.05, 3.63) is 29.8 Å². The molecule has 1 atom stereocenters. The van der Waals surface area contributed by atoms with E-state index in [9.17, 15) is 13.6 Å². The lowest BCUT2D eigenvalue weighted by Crippen LogP contribution is -2.25. The van der Waals surface area contributed by atoms with Gasteiger partial charge in [-0.15, -0.1) is 12.3 Å². The van der Waals surface area contributed by atoms with Crippen molar-refractivity contribution in [2.24, 2.45) is 5.92 Å². The van der Waals surface area contributed by atoms with Crippen LogP contribution in [0.2, 0.25) is 0 Å². The molecule has 0 aromatic heterocycles. The minimum Gasteiger partial charge on any atom is -0.308 e. The summed E-state index contributed by atoms with van der Waals surface area (Å²) in [6.45, 7) is 0.246. The topological polar surface area (TPSA) is 20.3 Å². The summed E-state index contributed by atoms with van der Waals surface area (Å²) >= 11 is 0. The van der Waals surface area contributed by atoms with Gasteiger partial charge in [-0.1, -0.05) is 0 Å². The molecular formula is C12H9F2NO. The summed E-state index contributed by atoms with van der Waals surface area (Å²) in [5.74, 6) is 0.758. The summed E-state index contributed by atoms with van der Waals surface area (Å²) in [7, 11) is 0. The maximum atomic E-state index is 13.4. The van der Waals surface area contributed by atoms with Crippen molar-refractivity contribution >= 4 is 11.6 Å². The molecule has 2 rings (SSSR count). The maximum absolute atomic E-state index is 13.4. The number of carbonyl (C=O) groups excluding carboxylic acids is 1. The fourth-order valence-electron chi connectivity index (χ4n) is 1.74. The molecule has 1 unspecified atom stereocenters. The van der Waals surface area contributed by atoms with Gasteiger partial charge in [0.2, 0.25) is 5.91 Å². The van der Waals surface area contributed by atoms with Crippen LogP contribution in [0.5, 0.6) is 0 Å². The zero-order valence-electron chi connectivity index (χ0n) is 8.41. The Bertz CT molecular complexity index is 478. The third-order valence-corrected chi connectivity index (χ3v) is 2.56. The normalized spacial score (nSPS) is 19.9. The minimum atomic E-state index is -0.618. The zero-order chi connectivity index (χ0) is 11.7. The molecule has 0 saturated carbocycles. The summed E-state index contributed by atoms with van der Waals surface area (Å²) < 4.78 is 26.4. The Balaban J connectivity index is 2.35. The Labute approximate surface area is 91.9 Å². The Kier molecular flexibility index (Phi) is 2.61. The highest BCUT2D eigenvalue weighted by Gasteiger charge is 2.31. The lowest BCUT2D eigenvalue weighted by Gasteiger charge is -2.16.